The molecule has 2 heterocycles. The molecule has 1 aromatic heterocycles. The van der Waals surface area contributed by atoms with Crippen LogP contribution in [0, 0.1) is 5.41 Å². The van der Waals surface area contributed by atoms with E-state index < -0.39 is 0 Å². The van der Waals surface area contributed by atoms with E-state index in [1.165, 1.54) is 0 Å². The van der Waals surface area contributed by atoms with Crippen molar-refractivity contribution in [2.24, 2.45) is 5.41 Å². The Kier molecular flexibility index (Phi) is 3.05. The van der Waals surface area contributed by atoms with Crippen LogP contribution in [0.25, 0.3) is 10.2 Å². The molecular weight excluding hydrogens is 272 g/mol. The smallest absolute Gasteiger partial charge is 0.227 e. The molecule has 20 heavy (non-hydrogen) atoms. The van der Waals surface area contributed by atoms with E-state index in [-0.39, 0.29) is 11.3 Å². The molecule has 1 aromatic carbocycles. The van der Waals surface area contributed by atoms with Crippen molar-refractivity contribution < 1.29 is 4.79 Å². The lowest BCUT2D eigenvalue weighted by atomic mass is 9.89. The topological polar surface area (TPSA) is 71.2 Å². The van der Waals surface area contributed by atoms with E-state index >= 15 is 0 Å². The Labute approximate surface area is 121 Å². The molecule has 1 atom stereocenters. The Morgan fingerprint density at radius 2 is 2.35 bits per heavy atom. The monoisotopic (exact) mass is 290 g/mol. The molecule has 0 bridgehead atoms. The molecule has 1 fully saturated rings. The minimum absolute atomic E-state index is 0.102. The van der Waals surface area contributed by atoms with E-state index in [0.717, 1.165) is 34.0 Å². The summed E-state index contributed by atoms with van der Waals surface area (Å²) in [7, 11) is 1.69. The Morgan fingerprint density at radius 1 is 1.55 bits per heavy atom. The lowest BCUT2D eigenvalue weighted by Crippen LogP contribution is -2.39. The summed E-state index contributed by atoms with van der Waals surface area (Å²) in [4.78, 5) is 18.8. The molecule has 1 aliphatic rings. The fraction of sp³-hybridized carbons (Fsp3) is 0.429. The van der Waals surface area contributed by atoms with E-state index in [0.29, 0.717) is 6.54 Å². The van der Waals surface area contributed by atoms with E-state index in [1.54, 1.807) is 18.4 Å². The molecule has 5 nitrogen and oxygen atoms in total. The van der Waals surface area contributed by atoms with Gasteiger partial charge in [0.1, 0.15) is 0 Å². The molecule has 6 heteroatoms. The first-order valence-corrected chi connectivity index (χ1v) is 7.47. The highest BCUT2D eigenvalue weighted by atomic mass is 32.1. The Hall–Kier alpha value is -1.82. The van der Waals surface area contributed by atoms with Crippen LogP contribution in [0.2, 0.25) is 0 Å². The van der Waals surface area contributed by atoms with E-state index in [9.17, 15) is 4.79 Å². The predicted molar refractivity (Wildman–Crippen MR) is 83.0 cm³/mol. The number of carbonyl (C=O) groups is 1. The van der Waals surface area contributed by atoms with Gasteiger partial charge in [0.15, 0.2) is 5.13 Å². The van der Waals surface area contributed by atoms with Crippen molar-refractivity contribution in [3.8, 4) is 0 Å². The second-order valence-electron chi connectivity index (χ2n) is 5.53. The molecule has 0 aliphatic carbocycles. The maximum absolute atomic E-state index is 12.0. The lowest BCUT2D eigenvalue weighted by Gasteiger charge is -2.22. The fourth-order valence-corrected chi connectivity index (χ4v) is 3.71. The largest absolute Gasteiger partial charge is 0.399 e. The SMILES string of the molecule is CNC(=O)C1(C)CCN(c2nc3ccc(N)cc3s2)C1. The molecule has 2 aromatic rings. The molecule has 1 amide bonds. The van der Waals surface area contributed by atoms with Gasteiger partial charge >= 0.3 is 0 Å². The number of nitrogens with two attached hydrogens (primary N) is 1. The molecule has 0 saturated carbocycles. The molecule has 1 aliphatic heterocycles. The summed E-state index contributed by atoms with van der Waals surface area (Å²) >= 11 is 1.63. The van der Waals surface area contributed by atoms with Gasteiger partial charge in [-0.05, 0) is 31.5 Å². The minimum Gasteiger partial charge on any atom is -0.399 e. The van der Waals surface area contributed by atoms with Gasteiger partial charge in [-0.15, -0.1) is 0 Å². The van der Waals surface area contributed by atoms with Crippen molar-refractivity contribution in [3.05, 3.63) is 18.2 Å². The number of nitrogens with one attached hydrogen (secondary N) is 1. The molecule has 0 radical (unpaired) electrons. The van der Waals surface area contributed by atoms with Crippen molar-refractivity contribution in [2.75, 3.05) is 30.8 Å². The first kappa shape index (κ1) is 13.2. The summed E-state index contributed by atoms with van der Waals surface area (Å²) in [5.41, 5.74) is 7.19. The van der Waals surface area contributed by atoms with Gasteiger partial charge in [0.05, 0.1) is 15.6 Å². The quantitative estimate of drug-likeness (QED) is 0.828. The van der Waals surface area contributed by atoms with Gasteiger partial charge in [-0.1, -0.05) is 11.3 Å². The van der Waals surface area contributed by atoms with Crippen molar-refractivity contribution in [1.82, 2.24) is 10.3 Å². The number of hydrogen-bond acceptors (Lipinski definition) is 5. The number of carbonyl (C=O) groups excluding carboxylic acids is 1. The summed E-state index contributed by atoms with van der Waals surface area (Å²) in [6.07, 6.45) is 0.852. The van der Waals surface area contributed by atoms with Gasteiger partial charge in [0.25, 0.3) is 0 Å². The van der Waals surface area contributed by atoms with Gasteiger partial charge in [0.2, 0.25) is 5.91 Å². The molecule has 1 unspecified atom stereocenters. The zero-order valence-corrected chi connectivity index (χ0v) is 12.5. The zero-order chi connectivity index (χ0) is 14.3. The molecule has 106 valence electrons. The first-order valence-electron chi connectivity index (χ1n) is 6.65. The highest BCUT2D eigenvalue weighted by Crippen LogP contribution is 2.37. The number of nitrogen functional groups attached to an aromatic ring is 1. The van der Waals surface area contributed by atoms with Crippen LogP contribution >= 0.6 is 11.3 Å². The second kappa shape index (κ2) is 4.63. The first-order chi connectivity index (χ1) is 9.51. The molecule has 3 rings (SSSR count). The molecule has 1 saturated heterocycles. The number of aromatic nitrogens is 1. The summed E-state index contributed by atoms with van der Waals surface area (Å²) in [6, 6.07) is 5.76. The van der Waals surface area contributed by atoms with Crippen molar-refractivity contribution in [1.29, 1.82) is 0 Å². The van der Waals surface area contributed by atoms with Crippen LogP contribution in [0.15, 0.2) is 18.2 Å². The van der Waals surface area contributed by atoms with E-state index in [2.05, 4.69) is 15.2 Å². The fourth-order valence-electron chi connectivity index (χ4n) is 2.68. The Morgan fingerprint density at radius 3 is 3.10 bits per heavy atom. The summed E-state index contributed by atoms with van der Waals surface area (Å²) in [5, 5.41) is 3.72. The van der Waals surface area contributed by atoms with E-state index in [1.807, 2.05) is 25.1 Å². The minimum atomic E-state index is -0.328. The van der Waals surface area contributed by atoms with Crippen LogP contribution in [0.1, 0.15) is 13.3 Å². The van der Waals surface area contributed by atoms with Crippen LogP contribution in [0.3, 0.4) is 0 Å². The Bertz CT molecular complexity index is 668. The number of hydrogen-bond donors (Lipinski definition) is 2. The summed E-state index contributed by atoms with van der Waals surface area (Å²) in [6.45, 7) is 3.58. The van der Waals surface area contributed by atoms with Crippen LogP contribution in [-0.2, 0) is 4.79 Å². The van der Waals surface area contributed by atoms with Crippen LogP contribution in [0.5, 0.6) is 0 Å². The average molecular weight is 290 g/mol. The van der Waals surface area contributed by atoms with Gasteiger partial charge in [-0.3, -0.25) is 4.79 Å². The molecule has 0 spiro atoms. The number of nitrogens with zero attached hydrogens (tertiary/aromatic N) is 2. The van der Waals surface area contributed by atoms with Gasteiger partial charge < -0.3 is 16.0 Å². The third-order valence-electron chi connectivity index (χ3n) is 3.92. The van der Waals surface area contributed by atoms with Gasteiger partial charge in [-0.25, -0.2) is 4.98 Å². The van der Waals surface area contributed by atoms with Crippen molar-refractivity contribution in [3.63, 3.8) is 0 Å². The number of benzene rings is 1. The number of thiazole rings is 1. The zero-order valence-electron chi connectivity index (χ0n) is 11.6. The maximum Gasteiger partial charge on any atom is 0.227 e. The standard InChI is InChI=1S/C14H18N4OS/c1-14(12(19)16-2)5-6-18(8-14)13-17-10-4-3-9(15)7-11(10)20-13/h3-4,7H,5-6,8,15H2,1-2H3,(H,16,19). The maximum atomic E-state index is 12.0. The van der Waals surface area contributed by atoms with Gasteiger partial charge in [-0.2, -0.15) is 0 Å². The summed E-state index contributed by atoms with van der Waals surface area (Å²) in [5.74, 6) is 0.102. The number of anilines is 2. The average Bonchev–Trinajstić information content (AvgIpc) is 3.01. The summed E-state index contributed by atoms with van der Waals surface area (Å²) < 4.78 is 1.09. The second-order valence-corrected chi connectivity index (χ2v) is 6.54. The van der Waals surface area contributed by atoms with Crippen LogP contribution < -0.4 is 16.0 Å². The predicted octanol–water partition coefficient (Wildman–Crippen LogP) is 1.84. The van der Waals surface area contributed by atoms with Crippen LogP contribution in [-0.4, -0.2) is 31.0 Å². The van der Waals surface area contributed by atoms with Crippen molar-refractivity contribution in [2.45, 2.75) is 13.3 Å². The van der Waals surface area contributed by atoms with Crippen molar-refractivity contribution >= 4 is 38.3 Å². The number of rotatable bonds is 2. The highest BCUT2D eigenvalue weighted by molar-refractivity contribution is 7.22. The molecular formula is C14H18N4OS. The normalized spacial score (nSPS) is 22.4. The Balaban J connectivity index is 1.88. The molecule has 3 N–H and O–H groups in total. The lowest BCUT2D eigenvalue weighted by molar-refractivity contribution is -0.128. The highest BCUT2D eigenvalue weighted by Gasteiger charge is 2.40. The van der Waals surface area contributed by atoms with Gasteiger partial charge in [0, 0.05) is 25.8 Å². The third kappa shape index (κ3) is 2.10. The number of amides is 1. The number of fused-ring (bicyclic) bond motifs is 1. The van der Waals surface area contributed by atoms with E-state index in [4.69, 9.17) is 5.73 Å². The van der Waals surface area contributed by atoms with Crippen LogP contribution in [0.4, 0.5) is 10.8 Å². The third-order valence-corrected chi connectivity index (χ3v) is 5.00.